The van der Waals surface area contributed by atoms with Gasteiger partial charge in [-0.2, -0.15) is 0 Å². The van der Waals surface area contributed by atoms with Crippen molar-refractivity contribution in [2.24, 2.45) is 0 Å². The Kier molecular flexibility index (Phi) is 4.37. The molecule has 1 aliphatic rings. The fraction of sp³-hybridized carbons (Fsp3) is 0.643. The lowest BCUT2D eigenvalue weighted by molar-refractivity contribution is 0.439. The van der Waals surface area contributed by atoms with Crippen LogP contribution in [0.2, 0.25) is 0 Å². The van der Waals surface area contributed by atoms with Crippen LogP contribution in [0.4, 0.5) is 5.69 Å². The molecule has 1 fully saturated rings. The molecule has 1 aliphatic heterocycles. The van der Waals surface area contributed by atoms with Crippen LogP contribution in [0.3, 0.4) is 0 Å². The predicted octanol–water partition coefficient (Wildman–Crippen LogP) is 2.36. The quantitative estimate of drug-likeness (QED) is 0.865. The van der Waals surface area contributed by atoms with Crippen LogP contribution < -0.4 is 10.2 Å². The summed E-state index contributed by atoms with van der Waals surface area (Å²) < 4.78 is 0. The monoisotopic (exact) mass is 233 g/mol. The largest absolute Gasteiger partial charge is 0.367 e. The van der Waals surface area contributed by atoms with Gasteiger partial charge in [-0.25, -0.2) is 0 Å². The average molecular weight is 233 g/mol. The molecule has 17 heavy (non-hydrogen) atoms. The highest BCUT2D eigenvalue weighted by atomic mass is 15.2. The highest BCUT2D eigenvalue weighted by molar-refractivity contribution is 5.48. The molecule has 94 valence electrons. The van der Waals surface area contributed by atoms with Crippen molar-refractivity contribution in [2.75, 3.05) is 24.5 Å². The zero-order valence-corrected chi connectivity index (χ0v) is 10.9. The Morgan fingerprint density at radius 2 is 2.35 bits per heavy atom. The van der Waals surface area contributed by atoms with Crippen LogP contribution in [-0.2, 0) is 0 Å². The molecule has 0 radical (unpaired) electrons. The minimum atomic E-state index is 0.644. The first-order valence-electron chi connectivity index (χ1n) is 6.71. The van der Waals surface area contributed by atoms with Crippen LogP contribution in [0.15, 0.2) is 18.3 Å². The molecule has 0 bridgehead atoms. The Morgan fingerprint density at radius 3 is 3.12 bits per heavy atom. The molecule has 1 N–H and O–H groups in total. The zero-order chi connectivity index (χ0) is 12.1. The molecular weight excluding hydrogens is 210 g/mol. The van der Waals surface area contributed by atoms with Crippen LogP contribution >= 0.6 is 0 Å². The summed E-state index contributed by atoms with van der Waals surface area (Å²) >= 11 is 0. The second kappa shape index (κ2) is 6.01. The number of pyridine rings is 1. The van der Waals surface area contributed by atoms with Crippen molar-refractivity contribution in [3.63, 3.8) is 0 Å². The van der Waals surface area contributed by atoms with Gasteiger partial charge in [-0.1, -0.05) is 6.92 Å². The van der Waals surface area contributed by atoms with Gasteiger partial charge in [0, 0.05) is 36.7 Å². The lowest BCUT2D eigenvalue weighted by Gasteiger charge is -2.37. The van der Waals surface area contributed by atoms with Gasteiger partial charge in [-0.3, -0.25) is 4.98 Å². The molecular formula is C14H23N3. The molecule has 2 heterocycles. The fourth-order valence-electron chi connectivity index (χ4n) is 2.57. The third-order valence-corrected chi connectivity index (χ3v) is 3.47. The zero-order valence-electron chi connectivity index (χ0n) is 10.9. The highest BCUT2D eigenvalue weighted by Crippen LogP contribution is 2.24. The second-order valence-electron chi connectivity index (χ2n) is 4.81. The minimum absolute atomic E-state index is 0.644. The number of hydrogen-bond donors (Lipinski definition) is 1. The number of aromatic nitrogens is 1. The van der Waals surface area contributed by atoms with Gasteiger partial charge >= 0.3 is 0 Å². The Balaban J connectivity index is 2.10. The maximum absolute atomic E-state index is 4.28. The molecule has 1 aromatic heterocycles. The average Bonchev–Trinajstić information content (AvgIpc) is 2.37. The van der Waals surface area contributed by atoms with Gasteiger partial charge in [0.15, 0.2) is 0 Å². The molecule has 3 nitrogen and oxygen atoms in total. The maximum Gasteiger partial charge on any atom is 0.0414 e. The molecule has 0 aliphatic carbocycles. The van der Waals surface area contributed by atoms with E-state index >= 15 is 0 Å². The number of likely N-dealkylation sites (N-methyl/N-ethyl adjacent to an activating group) is 1. The van der Waals surface area contributed by atoms with E-state index < -0.39 is 0 Å². The summed E-state index contributed by atoms with van der Waals surface area (Å²) in [5.74, 6) is 0. The van der Waals surface area contributed by atoms with E-state index in [2.05, 4.69) is 41.2 Å². The third kappa shape index (κ3) is 3.19. The first-order chi connectivity index (χ1) is 8.31. The number of anilines is 1. The molecule has 1 unspecified atom stereocenters. The summed E-state index contributed by atoms with van der Waals surface area (Å²) in [6, 6.07) is 4.98. The Morgan fingerprint density at radius 1 is 1.47 bits per heavy atom. The third-order valence-electron chi connectivity index (χ3n) is 3.47. The van der Waals surface area contributed by atoms with Crippen LogP contribution in [0, 0.1) is 6.92 Å². The van der Waals surface area contributed by atoms with Crippen LogP contribution in [0.5, 0.6) is 0 Å². The molecule has 1 aromatic rings. The molecule has 0 aromatic carbocycles. The number of aryl methyl sites for hydroxylation is 1. The second-order valence-corrected chi connectivity index (χ2v) is 4.81. The van der Waals surface area contributed by atoms with Crippen LogP contribution in [0.25, 0.3) is 0 Å². The maximum atomic E-state index is 4.28. The predicted molar refractivity (Wildman–Crippen MR) is 72.5 cm³/mol. The summed E-state index contributed by atoms with van der Waals surface area (Å²) in [6.07, 6.45) is 5.89. The first kappa shape index (κ1) is 12.4. The molecule has 1 saturated heterocycles. The van der Waals surface area contributed by atoms with Gasteiger partial charge in [-0.05, 0) is 44.9 Å². The van der Waals surface area contributed by atoms with Crippen molar-refractivity contribution in [2.45, 2.75) is 39.2 Å². The van der Waals surface area contributed by atoms with Gasteiger partial charge in [-0.15, -0.1) is 0 Å². The fourth-order valence-corrected chi connectivity index (χ4v) is 2.57. The smallest absolute Gasteiger partial charge is 0.0414 e. The molecule has 1 atom stereocenters. The van der Waals surface area contributed by atoms with E-state index in [4.69, 9.17) is 0 Å². The lowest BCUT2D eigenvalue weighted by Crippen LogP contribution is -2.45. The number of hydrogen-bond acceptors (Lipinski definition) is 3. The normalized spacial score (nSPS) is 20.6. The molecule has 0 saturated carbocycles. The van der Waals surface area contributed by atoms with E-state index in [-0.39, 0.29) is 0 Å². The van der Waals surface area contributed by atoms with Gasteiger partial charge in [0.05, 0.1) is 0 Å². The number of nitrogens with one attached hydrogen (secondary N) is 1. The summed E-state index contributed by atoms with van der Waals surface area (Å²) in [7, 11) is 0. The topological polar surface area (TPSA) is 28.2 Å². The molecule has 3 heteroatoms. The summed E-state index contributed by atoms with van der Waals surface area (Å²) in [6.45, 7) is 7.56. The highest BCUT2D eigenvalue weighted by Gasteiger charge is 2.22. The van der Waals surface area contributed by atoms with Gasteiger partial charge in [0.2, 0.25) is 0 Å². The summed E-state index contributed by atoms with van der Waals surface area (Å²) in [5, 5.41) is 3.48. The lowest BCUT2D eigenvalue weighted by atomic mass is 10.0. The SMILES string of the molecule is CCNCC1CCCCN1c1ccnc(C)c1. The standard InChI is InChI=1S/C14H23N3/c1-3-15-11-14-6-4-5-9-17(14)13-7-8-16-12(2)10-13/h7-8,10,14-15H,3-6,9,11H2,1-2H3. The first-order valence-corrected chi connectivity index (χ1v) is 6.71. The van der Waals surface area contributed by atoms with E-state index in [1.54, 1.807) is 0 Å². The van der Waals surface area contributed by atoms with E-state index in [1.165, 1.54) is 31.5 Å². The minimum Gasteiger partial charge on any atom is -0.367 e. The molecule has 0 spiro atoms. The molecule has 2 rings (SSSR count). The Labute approximate surface area is 104 Å². The van der Waals surface area contributed by atoms with Crippen LogP contribution in [0.1, 0.15) is 31.9 Å². The van der Waals surface area contributed by atoms with Crippen molar-refractivity contribution in [1.82, 2.24) is 10.3 Å². The number of nitrogens with zero attached hydrogens (tertiary/aromatic N) is 2. The van der Waals surface area contributed by atoms with Gasteiger partial charge in [0.1, 0.15) is 0 Å². The van der Waals surface area contributed by atoms with E-state index in [0.717, 1.165) is 18.8 Å². The van der Waals surface area contributed by atoms with E-state index in [9.17, 15) is 0 Å². The van der Waals surface area contributed by atoms with Crippen molar-refractivity contribution >= 4 is 5.69 Å². The van der Waals surface area contributed by atoms with Crippen molar-refractivity contribution in [3.05, 3.63) is 24.0 Å². The van der Waals surface area contributed by atoms with Crippen molar-refractivity contribution in [1.29, 1.82) is 0 Å². The van der Waals surface area contributed by atoms with Crippen molar-refractivity contribution < 1.29 is 0 Å². The van der Waals surface area contributed by atoms with E-state index in [0.29, 0.717) is 6.04 Å². The molecule has 0 amide bonds. The summed E-state index contributed by atoms with van der Waals surface area (Å²) in [5.41, 5.74) is 2.44. The van der Waals surface area contributed by atoms with E-state index in [1.807, 2.05) is 6.20 Å². The van der Waals surface area contributed by atoms with Gasteiger partial charge in [0.25, 0.3) is 0 Å². The number of piperidine rings is 1. The van der Waals surface area contributed by atoms with Crippen LogP contribution in [-0.4, -0.2) is 30.7 Å². The van der Waals surface area contributed by atoms with Crippen molar-refractivity contribution in [3.8, 4) is 0 Å². The number of rotatable bonds is 4. The Bertz CT molecular complexity index is 351. The Hall–Kier alpha value is -1.09. The van der Waals surface area contributed by atoms with Gasteiger partial charge < -0.3 is 10.2 Å². The summed E-state index contributed by atoms with van der Waals surface area (Å²) in [4.78, 5) is 6.82.